The number of alkyl halides is 2. The third kappa shape index (κ3) is 3.49. The van der Waals surface area contributed by atoms with Gasteiger partial charge in [0.15, 0.2) is 5.65 Å². The molecule has 0 bridgehead atoms. The molecule has 31 heavy (non-hydrogen) atoms. The van der Waals surface area contributed by atoms with E-state index in [2.05, 4.69) is 26.0 Å². The van der Waals surface area contributed by atoms with Crippen molar-refractivity contribution in [3.8, 4) is 0 Å². The van der Waals surface area contributed by atoms with Crippen LogP contribution in [-0.4, -0.2) is 50.5 Å². The second kappa shape index (κ2) is 7.33. The largest absolute Gasteiger partial charge is 0.373 e. The van der Waals surface area contributed by atoms with Crippen LogP contribution in [0.3, 0.4) is 0 Å². The number of fused-ring (bicyclic) bond motifs is 1. The predicted molar refractivity (Wildman–Crippen MR) is 110 cm³/mol. The van der Waals surface area contributed by atoms with E-state index in [-0.39, 0.29) is 28.5 Å². The van der Waals surface area contributed by atoms with Crippen molar-refractivity contribution in [3.63, 3.8) is 0 Å². The monoisotopic (exact) mass is 429 g/mol. The van der Waals surface area contributed by atoms with Crippen molar-refractivity contribution in [1.82, 2.24) is 24.5 Å². The van der Waals surface area contributed by atoms with Crippen LogP contribution in [0.15, 0.2) is 35.4 Å². The molecule has 3 aromatic heterocycles. The first-order valence-electron chi connectivity index (χ1n) is 10.1. The van der Waals surface area contributed by atoms with Crippen LogP contribution >= 0.6 is 0 Å². The lowest BCUT2D eigenvalue weighted by atomic mass is 9.90. The molecule has 11 heteroatoms. The highest BCUT2D eigenvalue weighted by atomic mass is 19.1. The summed E-state index contributed by atoms with van der Waals surface area (Å²) in [4.78, 5) is 29.8. The molecule has 162 valence electrons. The molecule has 3 aromatic rings. The summed E-state index contributed by atoms with van der Waals surface area (Å²) in [7, 11) is 1.69. The molecule has 3 heterocycles. The lowest BCUT2D eigenvalue weighted by Gasteiger charge is -2.31. The molecule has 0 spiro atoms. The minimum atomic E-state index is -1.02. The second-order valence-corrected chi connectivity index (χ2v) is 7.88. The number of hydrogen-bond donors (Lipinski definition) is 3. The average Bonchev–Trinajstić information content (AvgIpc) is 3.24. The quantitative estimate of drug-likeness (QED) is 0.555. The molecule has 2 fully saturated rings. The standard InChI is InChI=1S/C20H21F2N7O2/c1-23-17-8-16(25-14-3-2-4-28(20(14)31)11-5-10(21)6-11)27-18-12(9-24-29(17)18)19(30)26-15-7-13(15)22/h2-4,8-11,13,15,23H,5-7H2,1H3,(H,25,27)(H,26,30)/t10-,11-,13-,15+/m0/s1. The fourth-order valence-corrected chi connectivity index (χ4v) is 3.70. The number of rotatable bonds is 6. The molecular weight excluding hydrogens is 408 g/mol. The lowest BCUT2D eigenvalue weighted by Crippen LogP contribution is -2.35. The Morgan fingerprint density at radius 2 is 2.03 bits per heavy atom. The van der Waals surface area contributed by atoms with Gasteiger partial charge in [0.05, 0.1) is 12.2 Å². The van der Waals surface area contributed by atoms with Crippen molar-refractivity contribution < 1.29 is 13.6 Å². The number of hydrogen-bond acceptors (Lipinski definition) is 6. The van der Waals surface area contributed by atoms with Crippen LogP contribution in [-0.2, 0) is 0 Å². The van der Waals surface area contributed by atoms with Gasteiger partial charge in [0, 0.05) is 31.8 Å². The van der Waals surface area contributed by atoms with Crippen LogP contribution in [0.25, 0.3) is 5.65 Å². The zero-order valence-corrected chi connectivity index (χ0v) is 16.7. The summed E-state index contributed by atoms with van der Waals surface area (Å²) in [6.07, 6.45) is 2.08. The summed E-state index contributed by atoms with van der Waals surface area (Å²) >= 11 is 0. The molecular formula is C20H21F2N7O2. The van der Waals surface area contributed by atoms with Gasteiger partial charge in [-0.05, 0) is 25.0 Å². The molecule has 0 aromatic carbocycles. The van der Waals surface area contributed by atoms with Gasteiger partial charge < -0.3 is 20.5 Å². The van der Waals surface area contributed by atoms with Gasteiger partial charge in [-0.25, -0.2) is 13.8 Å². The minimum Gasteiger partial charge on any atom is -0.373 e. The number of halogens is 2. The van der Waals surface area contributed by atoms with E-state index in [1.165, 1.54) is 15.3 Å². The summed E-state index contributed by atoms with van der Waals surface area (Å²) in [5.74, 6) is 0.407. The third-order valence-electron chi connectivity index (χ3n) is 5.69. The van der Waals surface area contributed by atoms with Crippen LogP contribution in [0.5, 0.6) is 0 Å². The smallest absolute Gasteiger partial charge is 0.274 e. The summed E-state index contributed by atoms with van der Waals surface area (Å²) in [5.41, 5.74) is 0.473. The molecule has 0 aliphatic heterocycles. The van der Waals surface area contributed by atoms with Gasteiger partial charge in [-0.15, -0.1) is 0 Å². The van der Waals surface area contributed by atoms with E-state index in [0.29, 0.717) is 30.9 Å². The first-order chi connectivity index (χ1) is 14.9. The Kier molecular flexibility index (Phi) is 4.60. The number of carbonyl (C=O) groups excluding carboxylic acids is 1. The van der Waals surface area contributed by atoms with Crippen LogP contribution in [0, 0.1) is 0 Å². The van der Waals surface area contributed by atoms with Crippen molar-refractivity contribution in [1.29, 1.82) is 0 Å². The average molecular weight is 429 g/mol. The van der Waals surface area contributed by atoms with Gasteiger partial charge in [-0.2, -0.15) is 9.61 Å². The SMILES string of the molecule is CNc1cc(Nc2cccn([C@H]3C[C@H](F)C3)c2=O)nc2c(C(=O)N[C@@H]3C[C@@H]3F)cnn12. The highest BCUT2D eigenvalue weighted by molar-refractivity contribution is 6.00. The lowest BCUT2D eigenvalue weighted by molar-refractivity contribution is 0.0949. The number of nitrogens with zero attached hydrogens (tertiary/aromatic N) is 4. The molecule has 0 saturated heterocycles. The van der Waals surface area contributed by atoms with Gasteiger partial charge in [0.2, 0.25) is 0 Å². The van der Waals surface area contributed by atoms with Crippen molar-refractivity contribution in [2.75, 3.05) is 17.7 Å². The summed E-state index contributed by atoms with van der Waals surface area (Å²) < 4.78 is 29.4. The highest BCUT2D eigenvalue weighted by Gasteiger charge is 2.39. The number of pyridine rings is 1. The Bertz CT molecular complexity index is 1220. The van der Waals surface area contributed by atoms with Gasteiger partial charge in [-0.1, -0.05) is 0 Å². The maximum Gasteiger partial charge on any atom is 0.274 e. The van der Waals surface area contributed by atoms with E-state index in [0.717, 1.165) is 0 Å². The maximum absolute atomic E-state index is 13.2. The van der Waals surface area contributed by atoms with Crippen molar-refractivity contribution in [3.05, 3.63) is 46.5 Å². The maximum atomic E-state index is 13.2. The Balaban J connectivity index is 1.47. The number of nitrogens with one attached hydrogen (secondary N) is 3. The van der Waals surface area contributed by atoms with Gasteiger partial charge in [0.1, 0.15) is 35.2 Å². The molecule has 9 nitrogen and oxygen atoms in total. The van der Waals surface area contributed by atoms with Crippen molar-refractivity contribution >= 4 is 28.9 Å². The first kappa shape index (κ1) is 19.5. The fraction of sp³-hybridized carbons (Fsp3) is 0.400. The molecule has 5 rings (SSSR count). The van der Waals surface area contributed by atoms with Crippen LogP contribution in [0.1, 0.15) is 35.7 Å². The van der Waals surface area contributed by atoms with Crippen LogP contribution in [0.2, 0.25) is 0 Å². The van der Waals surface area contributed by atoms with Crippen LogP contribution in [0.4, 0.5) is 26.1 Å². The molecule has 0 radical (unpaired) electrons. The van der Waals surface area contributed by atoms with E-state index in [9.17, 15) is 18.4 Å². The number of aromatic nitrogens is 4. The van der Waals surface area contributed by atoms with Gasteiger partial charge >= 0.3 is 0 Å². The van der Waals surface area contributed by atoms with Crippen molar-refractivity contribution in [2.45, 2.75) is 43.7 Å². The predicted octanol–water partition coefficient (Wildman–Crippen LogP) is 2.19. The summed E-state index contributed by atoms with van der Waals surface area (Å²) in [6, 6.07) is 4.35. The van der Waals surface area contributed by atoms with Crippen molar-refractivity contribution in [2.24, 2.45) is 0 Å². The third-order valence-corrected chi connectivity index (χ3v) is 5.69. The molecule has 0 unspecified atom stereocenters. The van der Waals surface area contributed by atoms with E-state index in [1.807, 2.05) is 0 Å². The van der Waals surface area contributed by atoms with Crippen LogP contribution < -0.4 is 21.5 Å². The summed E-state index contributed by atoms with van der Waals surface area (Å²) in [6.45, 7) is 0. The normalized spacial score (nSPS) is 24.5. The number of anilines is 3. The van der Waals surface area contributed by atoms with E-state index < -0.39 is 24.3 Å². The van der Waals surface area contributed by atoms with Gasteiger partial charge in [0.25, 0.3) is 11.5 Å². The van der Waals surface area contributed by atoms with Gasteiger partial charge in [-0.3, -0.25) is 9.59 Å². The number of carbonyl (C=O) groups is 1. The minimum absolute atomic E-state index is 0.153. The number of amides is 1. The summed E-state index contributed by atoms with van der Waals surface area (Å²) in [5, 5.41) is 12.8. The van der Waals surface area contributed by atoms with E-state index >= 15 is 0 Å². The highest BCUT2D eigenvalue weighted by Crippen LogP contribution is 2.33. The molecule has 1 amide bonds. The molecule has 2 saturated carbocycles. The Hall–Kier alpha value is -3.50. The first-order valence-corrected chi connectivity index (χ1v) is 10.1. The molecule has 2 atom stereocenters. The Morgan fingerprint density at radius 1 is 1.26 bits per heavy atom. The fourth-order valence-electron chi connectivity index (χ4n) is 3.70. The Morgan fingerprint density at radius 3 is 2.71 bits per heavy atom. The van der Waals surface area contributed by atoms with E-state index in [1.54, 1.807) is 31.4 Å². The molecule has 2 aliphatic carbocycles. The zero-order valence-electron chi connectivity index (χ0n) is 16.7. The van der Waals surface area contributed by atoms with E-state index in [4.69, 9.17) is 0 Å². The molecule has 2 aliphatic rings. The second-order valence-electron chi connectivity index (χ2n) is 7.88. The Labute approximate surface area is 175 Å². The zero-order chi connectivity index (χ0) is 21.7. The topological polar surface area (TPSA) is 105 Å². The molecule has 3 N–H and O–H groups in total.